The van der Waals surface area contributed by atoms with E-state index in [2.05, 4.69) is 50.6 Å². The third-order valence-electron chi connectivity index (χ3n) is 2.47. The van der Waals surface area contributed by atoms with Gasteiger partial charge in [0, 0.05) is 10.3 Å². The maximum atomic E-state index is 4.50. The Labute approximate surface area is 106 Å². The number of benzene rings is 1. The second-order valence-corrected chi connectivity index (χ2v) is 5.22. The van der Waals surface area contributed by atoms with Crippen LogP contribution in [-0.4, -0.2) is 4.98 Å². The van der Waals surface area contributed by atoms with Crippen LogP contribution in [-0.2, 0) is 0 Å². The van der Waals surface area contributed by atoms with Crippen molar-refractivity contribution in [2.75, 3.05) is 0 Å². The van der Waals surface area contributed by atoms with E-state index in [-0.39, 0.29) is 0 Å². The van der Waals surface area contributed by atoms with Gasteiger partial charge in [-0.05, 0) is 44.9 Å². The van der Waals surface area contributed by atoms with Crippen molar-refractivity contribution in [2.45, 2.75) is 0 Å². The molecule has 0 bridgehead atoms. The Morgan fingerprint density at radius 3 is 2.75 bits per heavy atom. The fourth-order valence-electron chi connectivity index (χ4n) is 1.75. The SMILES string of the molecule is Brc1cccc(-c2cccc3ccsc23)n1. The molecule has 0 saturated heterocycles. The summed E-state index contributed by atoms with van der Waals surface area (Å²) in [7, 11) is 0. The van der Waals surface area contributed by atoms with Gasteiger partial charge in [0.15, 0.2) is 0 Å². The van der Waals surface area contributed by atoms with Gasteiger partial charge >= 0.3 is 0 Å². The van der Waals surface area contributed by atoms with E-state index < -0.39 is 0 Å². The molecule has 0 saturated carbocycles. The van der Waals surface area contributed by atoms with Gasteiger partial charge in [0.05, 0.1) is 5.69 Å². The summed E-state index contributed by atoms with van der Waals surface area (Å²) in [6.45, 7) is 0. The quantitative estimate of drug-likeness (QED) is 0.591. The molecule has 1 aromatic carbocycles. The standard InChI is InChI=1S/C13H8BrNS/c14-12-6-2-5-11(15-12)10-4-1-3-9-7-8-16-13(9)10/h1-8H. The molecule has 16 heavy (non-hydrogen) atoms. The van der Waals surface area contributed by atoms with E-state index in [1.165, 1.54) is 15.6 Å². The molecule has 0 aliphatic rings. The zero-order chi connectivity index (χ0) is 11.0. The Kier molecular flexibility index (Phi) is 2.50. The van der Waals surface area contributed by atoms with E-state index in [4.69, 9.17) is 0 Å². The van der Waals surface area contributed by atoms with Crippen LogP contribution in [0.4, 0.5) is 0 Å². The summed E-state index contributed by atoms with van der Waals surface area (Å²) in [6.07, 6.45) is 0. The molecule has 0 atom stereocenters. The molecule has 1 nitrogen and oxygen atoms in total. The first-order chi connectivity index (χ1) is 7.84. The number of rotatable bonds is 1. The summed E-state index contributed by atoms with van der Waals surface area (Å²) in [4.78, 5) is 4.50. The average molecular weight is 290 g/mol. The van der Waals surface area contributed by atoms with Gasteiger partial charge in [0.1, 0.15) is 4.60 Å². The molecule has 0 unspecified atom stereocenters. The first-order valence-corrected chi connectivity index (χ1v) is 6.61. The number of thiophene rings is 1. The normalized spacial score (nSPS) is 10.8. The van der Waals surface area contributed by atoms with Crippen LogP contribution < -0.4 is 0 Å². The Balaban J connectivity index is 2.29. The molecular weight excluding hydrogens is 282 g/mol. The van der Waals surface area contributed by atoms with Crippen LogP contribution in [0.15, 0.2) is 52.4 Å². The van der Waals surface area contributed by atoms with Crippen LogP contribution in [0.2, 0.25) is 0 Å². The monoisotopic (exact) mass is 289 g/mol. The lowest BCUT2D eigenvalue weighted by Crippen LogP contribution is -1.83. The number of hydrogen-bond acceptors (Lipinski definition) is 2. The van der Waals surface area contributed by atoms with Crippen molar-refractivity contribution in [3.8, 4) is 11.3 Å². The van der Waals surface area contributed by atoms with Crippen molar-refractivity contribution in [1.29, 1.82) is 0 Å². The van der Waals surface area contributed by atoms with Crippen LogP contribution in [0.1, 0.15) is 0 Å². The number of pyridine rings is 1. The number of halogens is 1. The highest BCUT2D eigenvalue weighted by atomic mass is 79.9. The maximum absolute atomic E-state index is 4.50. The largest absolute Gasteiger partial charge is 0.241 e. The predicted octanol–water partition coefficient (Wildman–Crippen LogP) is 4.73. The molecule has 0 fully saturated rings. The van der Waals surface area contributed by atoms with Crippen LogP contribution in [0.5, 0.6) is 0 Å². The molecule has 3 rings (SSSR count). The Morgan fingerprint density at radius 2 is 1.88 bits per heavy atom. The second-order valence-electron chi connectivity index (χ2n) is 3.49. The minimum Gasteiger partial charge on any atom is -0.241 e. The van der Waals surface area contributed by atoms with E-state index in [1.807, 2.05) is 18.2 Å². The molecule has 0 radical (unpaired) electrons. The van der Waals surface area contributed by atoms with E-state index in [0.717, 1.165) is 10.3 Å². The van der Waals surface area contributed by atoms with Crippen molar-refractivity contribution in [3.05, 3.63) is 52.4 Å². The van der Waals surface area contributed by atoms with Crippen molar-refractivity contribution in [1.82, 2.24) is 4.98 Å². The lowest BCUT2D eigenvalue weighted by atomic mass is 10.1. The molecule has 0 aliphatic heterocycles. The molecule has 78 valence electrons. The summed E-state index contributed by atoms with van der Waals surface area (Å²) in [5.41, 5.74) is 2.22. The molecule has 3 aromatic rings. The van der Waals surface area contributed by atoms with Crippen molar-refractivity contribution in [3.63, 3.8) is 0 Å². The topological polar surface area (TPSA) is 12.9 Å². The highest BCUT2D eigenvalue weighted by molar-refractivity contribution is 9.10. The summed E-state index contributed by atoms with van der Waals surface area (Å²) in [6, 6.07) is 14.5. The molecule has 3 heteroatoms. The van der Waals surface area contributed by atoms with Gasteiger partial charge in [-0.2, -0.15) is 0 Å². The fraction of sp³-hybridized carbons (Fsp3) is 0. The lowest BCUT2D eigenvalue weighted by molar-refractivity contribution is 1.28. The smallest absolute Gasteiger partial charge is 0.106 e. The fourth-order valence-corrected chi connectivity index (χ4v) is 3.02. The minimum atomic E-state index is 0.874. The zero-order valence-electron chi connectivity index (χ0n) is 8.35. The van der Waals surface area contributed by atoms with Gasteiger partial charge in [-0.15, -0.1) is 11.3 Å². The van der Waals surface area contributed by atoms with Gasteiger partial charge in [-0.3, -0.25) is 0 Å². The third-order valence-corrected chi connectivity index (χ3v) is 3.88. The number of fused-ring (bicyclic) bond motifs is 1. The molecule has 0 amide bonds. The summed E-state index contributed by atoms with van der Waals surface area (Å²) in [5.74, 6) is 0. The Bertz CT molecular complexity index is 645. The molecule has 0 spiro atoms. The zero-order valence-corrected chi connectivity index (χ0v) is 10.8. The van der Waals surface area contributed by atoms with Crippen molar-refractivity contribution >= 4 is 37.4 Å². The van der Waals surface area contributed by atoms with Crippen molar-refractivity contribution < 1.29 is 0 Å². The number of hydrogen-bond donors (Lipinski definition) is 0. The molecule has 2 heterocycles. The summed E-state index contributed by atoms with van der Waals surface area (Å²) in [5, 5.41) is 3.40. The average Bonchev–Trinajstić information content (AvgIpc) is 2.76. The minimum absolute atomic E-state index is 0.874. The number of aromatic nitrogens is 1. The van der Waals surface area contributed by atoms with E-state index >= 15 is 0 Å². The first-order valence-electron chi connectivity index (χ1n) is 4.94. The highest BCUT2D eigenvalue weighted by Gasteiger charge is 2.05. The van der Waals surface area contributed by atoms with Crippen LogP contribution in [0, 0.1) is 0 Å². The van der Waals surface area contributed by atoms with E-state index in [1.54, 1.807) is 11.3 Å². The lowest BCUT2D eigenvalue weighted by Gasteiger charge is -2.02. The predicted molar refractivity (Wildman–Crippen MR) is 72.8 cm³/mol. The Morgan fingerprint density at radius 1 is 1.00 bits per heavy atom. The van der Waals surface area contributed by atoms with E-state index in [9.17, 15) is 0 Å². The molecule has 0 aliphatic carbocycles. The van der Waals surface area contributed by atoms with Crippen LogP contribution in [0.25, 0.3) is 21.3 Å². The van der Waals surface area contributed by atoms with Crippen LogP contribution >= 0.6 is 27.3 Å². The van der Waals surface area contributed by atoms with E-state index in [0.29, 0.717) is 0 Å². The van der Waals surface area contributed by atoms with Gasteiger partial charge in [-0.1, -0.05) is 24.3 Å². The molecule has 2 aromatic heterocycles. The van der Waals surface area contributed by atoms with Crippen LogP contribution in [0.3, 0.4) is 0 Å². The maximum Gasteiger partial charge on any atom is 0.106 e. The molecule has 0 N–H and O–H groups in total. The van der Waals surface area contributed by atoms with Gasteiger partial charge in [0.25, 0.3) is 0 Å². The second kappa shape index (κ2) is 4.00. The van der Waals surface area contributed by atoms with Crippen molar-refractivity contribution in [2.24, 2.45) is 0 Å². The number of nitrogens with zero attached hydrogens (tertiary/aromatic N) is 1. The van der Waals surface area contributed by atoms with Gasteiger partial charge < -0.3 is 0 Å². The molecular formula is C13H8BrNS. The third kappa shape index (κ3) is 1.66. The van der Waals surface area contributed by atoms with Gasteiger partial charge in [0.2, 0.25) is 0 Å². The highest BCUT2D eigenvalue weighted by Crippen LogP contribution is 2.31. The van der Waals surface area contributed by atoms with Gasteiger partial charge in [-0.25, -0.2) is 4.98 Å². The Hall–Kier alpha value is -1.19. The summed E-state index contributed by atoms with van der Waals surface area (Å²) < 4.78 is 2.17. The summed E-state index contributed by atoms with van der Waals surface area (Å²) >= 11 is 5.17. The first kappa shape index (κ1) is 10.00.